The van der Waals surface area contributed by atoms with E-state index in [1.54, 1.807) is 0 Å². The van der Waals surface area contributed by atoms with Gasteiger partial charge in [-0.05, 0) is 11.6 Å². The number of carbonyl (C=O) groups excluding carboxylic acids is 1. The first-order valence-electron chi connectivity index (χ1n) is 4.72. The number of hydrogen-bond donors (Lipinski definition) is 2. The maximum Gasteiger partial charge on any atom is 0.309 e. The van der Waals surface area contributed by atoms with Crippen LogP contribution in [-0.4, -0.2) is 21.6 Å². The molecule has 5 nitrogen and oxygen atoms in total. The molecule has 1 aliphatic heterocycles. The van der Waals surface area contributed by atoms with E-state index in [9.17, 15) is 9.59 Å². The Morgan fingerprint density at radius 3 is 2.93 bits per heavy atom. The van der Waals surface area contributed by atoms with E-state index in [1.165, 1.54) is 0 Å². The minimum atomic E-state index is -0.929. The molecule has 0 radical (unpaired) electrons. The molecule has 0 unspecified atom stereocenters. The van der Waals surface area contributed by atoms with Gasteiger partial charge in [0.25, 0.3) is 0 Å². The van der Waals surface area contributed by atoms with Crippen LogP contribution in [0, 0.1) is 5.92 Å². The zero-order valence-electron chi connectivity index (χ0n) is 8.30. The quantitative estimate of drug-likeness (QED) is 0.733. The summed E-state index contributed by atoms with van der Waals surface area (Å²) in [7, 11) is 1.86. The van der Waals surface area contributed by atoms with E-state index in [4.69, 9.17) is 5.11 Å². The van der Waals surface area contributed by atoms with Crippen molar-refractivity contribution < 1.29 is 14.7 Å². The molecule has 2 N–H and O–H groups in total. The van der Waals surface area contributed by atoms with Crippen molar-refractivity contribution in [3.05, 3.63) is 24.0 Å². The van der Waals surface area contributed by atoms with Crippen molar-refractivity contribution >= 4 is 11.9 Å². The number of nitrogens with one attached hydrogen (secondary N) is 1. The zero-order chi connectivity index (χ0) is 11.0. The number of nitrogens with zero attached hydrogens (tertiary/aromatic N) is 1. The Labute approximate surface area is 86.7 Å². The van der Waals surface area contributed by atoms with Crippen LogP contribution >= 0.6 is 0 Å². The van der Waals surface area contributed by atoms with Gasteiger partial charge in [0.1, 0.15) is 0 Å². The molecule has 0 aromatic carbocycles. The predicted molar refractivity (Wildman–Crippen MR) is 52.0 cm³/mol. The Bertz CT molecular complexity index is 411. The standard InChI is InChI=1S/C10H12N2O3/c1-12-3-2-6(5-12)9-7(10(14)15)4-8(13)11-9/h2-3,5,7,9H,4H2,1H3,(H,11,13)(H,14,15)/t7-,9+/m0/s1. The molecule has 2 rings (SSSR count). The Balaban J connectivity index is 2.27. The molecule has 1 amide bonds. The fourth-order valence-corrected chi connectivity index (χ4v) is 1.90. The number of hydrogen-bond acceptors (Lipinski definition) is 2. The first-order chi connectivity index (χ1) is 7.08. The van der Waals surface area contributed by atoms with Gasteiger partial charge in [0, 0.05) is 25.9 Å². The molecule has 80 valence electrons. The fourth-order valence-electron chi connectivity index (χ4n) is 1.90. The Kier molecular flexibility index (Phi) is 2.22. The second-order valence-electron chi connectivity index (χ2n) is 3.80. The monoisotopic (exact) mass is 208 g/mol. The number of amides is 1. The summed E-state index contributed by atoms with van der Waals surface area (Å²) in [6, 6.07) is 1.43. The lowest BCUT2D eigenvalue weighted by Crippen LogP contribution is -2.24. The topological polar surface area (TPSA) is 71.3 Å². The number of aryl methyl sites for hydroxylation is 1. The normalized spacial score (nSPS) is 25.3. The van der Waals surface area contributed by atoms with Crippen molar-refractivity contribution in [1.82, 2.24) is 9.88 Å². The second kappa shape index (κ2) is 3.42. The van der Waals surface area contributed by atoms with Crippen LogP contribution in [0.1, 0.15) is 18.0 Å². The van der Waals surface area contributed by atoms with Crippen molar-refractivity contribution in [2.45, 2.75) is 12.5 Å². The maximum absolute atomic E-state index is 11.2. The molecule has 1 aromatic heterocycles. The zero-order valence-corrected chi connectivity index (χ0v) is 8.30. The van der Waals surface area contributed by atoms with E-state index in [-0.39, 0.29) is 12.3 Å². The van der Waals surface area contributed by atoms with Crippen LogP contribution in [0.4, 0.5) is 0 Å². The molecule has 0 bridgehead atoms. The Morgan fingerprint density at radius 1 is 1.67 bits per heavy atom. The van der Waals surface area contributed by atoms with Crippen molar-refractivity contribution in [1.29, 1.82) is 0 Å². The van der Waals surface area contributed by atoms with Crippen molar-refractivity contribution in [3.8, 4) is 0 Å². The minimum absolute atomic E-state index is 0.0644. The Morgan fingerprint density at radius 2 is 2.40 bits per heavy atom. The molecule has 5 heteroatoms. The molecule has 0 saturated carbocycles. The van der Waals surface area contributed by atoms with E-state index in [2.05, 4.69) is 5.32 Å². The number of carboxylic acids is 1. The predicted octanol–water partition coefficient (Wildman–Crippen LogP) is 0.287. The lowest BCUT2D eigenvalue weighted by atomic mass is 9.96. The number of aliphatic carboxylic acids is 1. The third-order valence-corrected chi connectivity index (χ3v) is 2.66. The van der Waals surface area contributed by atoms with Gasteiger partial charge in [-0.3, -0.25) is 9.59 Å². The molecule has 1 saturated heterocycles. The van der Waals surface area contributed by atoms with Gasteiger partial charge in [-0.25, -0.2) is 0 Å². The molecule has 15 heavy (non-hydrogen) atoms. The molecule has 1 fully saturated rings. The summed E-state index contributed by atoms with van der Waals surface area (Å²) >= 11 is 0. The van der Waals surface area contributed by atoms with Gasteiger partial charge in [-0.1, -0.05) is 0 Å². The van der Waals surface area contributed by atoms with E-state index in [0.717, 1.165) is 5.56 Å². The molecule has 0 aliphatic carbocycles. The molecule has 2 atom stereocenters. The van der Waals surface area contributed by atoms with Gasteiger partial charge < -0.3 is 15.0 Å². The summed E-state index contributed by atoms with van der Waals surface area (Å²) in [6.45, 7) is 0. The summed E-state index contributed by atoms with van der Waals surface area (Å²) in [5, 5.41) is 11.7. The number of carboxylic acid groups (broad SMARTS) is 1. The average Bonchev–Trinajstić information content (AvgIpc) is 2.71. The van der Waals surface area contributed by atoms with Gasteiger partial charge >= 0.3 is 5.97 Å². The van der Waals surface area contributed by atoms with Crippen LogP contribution in [0.25, 0.3) is 0 Å². The fraction of sp³-hybridized carbons (Fsp3) is 0.400. The van der Waals surface area contributed by atoms with Crippen molar-refractivity contribution in [2.24, 2.45) is 13.0 Å². The van der Waals surface area contributed by atoms with Crippen LogP contribution in [0.15, 0.2) is 18.5 Å². The molecule has 1 aliphatic rings. The third-order valence-electron chi connectivity index (χ3n) is 2.66. The number of carbonyl (C=O) groups is 2. The molecule has 2 heterocycles. The van der Waals surface area contributed by atoms with Crippen LogP contribution < -0.4 is 5.32 Å². The highest BCUT2D eigenvalue weighted by Crippen LogP contribution is 2.30. The minimum Gasteiger partial charge on any atom is -0.481 e. The molecule has 0 spiro atoms. The first kappa shape index (κ1) is 9.76. The maximum atomic E-state index is 11.2. The molecular formula is C10H12N2O3. The van der Waals surface area contributed by atoms with E-state index < -0.39 is 17.9 Å². The van der Waals surface area contributed by atoms with E-state index in [1.807, 2.05) is 30.1 Å². The summed E-state index contributed by atoms with van der Waals surface area (Å²) in [5.74, 6) is -1.78. The van der Waals surface area contributed by atoms with Gasteiger partial charge in [0.05, 0.1) is 12.0 Å². The Hall–Kier alpha value is -1.78. The third kappa shape index (κ3) is 1.72. The van der Waals surface area contributed by atoms with Gasteiger partial charge in [0.15, 0.2) is 0 Å². The average molecular weight is 208 g/mol. The van der Waals surface area contributed by atoms with Crippen LogP contribution in [0.5, 0.6) is 0 Å². The highest BCUT2D eigenvalue weighted by molar-refractivity contribution is 5.87. The lowest BCUT2D eigenvalue weighted by molar-refractivity contribution is -0.142. The van der Waals surface area contributed by atoms with Crippen molar-refractivity contribution in [2.75, 3.05) is 0 Å². The summed E-state index contributed by atoms with van der Waals surface area (Å²) in [5.41, 5.74) is 0.843. The van der Waals surface area contributed by atoms with E-state index in [0.29, 0.717) is 0 Å². The SMILES string of the molecule is Cn1ccc([C@H]2NC(=O)C[C@@H]2C(=O)O)c1. The summed E-state index contributed by atoms with van der Waals surface area (Å²) in [4.78, 5) is 22.1. The summed E-state index contributed by atoms with van der Waals surface area (Å²) in [6.07, 6.45) is 3.72. The molecule has 1 aromatic rings. The number of rotatable bonds is 2. The first-order valence-corrected chi connectivity index (χ1v) is 4.72. The highest BCUT2D eigenvalue weighted by Gasteiger charge is 2.38. The smallest absolute Gasteiger partial charge is 0.309 e. The van der Waals surface area contributed by atoms with Gasteiger partial charge in [-0.2, -0.15) is 0 Å². The van der Waals surface area contributed by atoms with Crippen LogP contribution in [0.2, 0.25) is 0 Å². The summed E-state index contributed by atoms with van der Waals surface area (Å²) < 4.78 is 1.83. The van der Waals surface area contributed by atoms with E-state index >= 15 is 0 Å². The van der Waals surface area contributed by atoms with Crippen molar-refractivity contribution in [3.63, 3.8) is 0 Å². The highest BCUT2D eigenvalue weighted by atomic mass is 16.4. The lowest BCUT2D eigenvalue weighted by Gasteiger charge is -2.13. The number of aromatic nitrogens is 1. The molecular weight excluding hydrogens is 196 g/mol. The second-order valence-corrected chi connectivity index (χ2v) is 3.80. The largest absolute Gasteiger partial charge is 0.481 e. The van der Waals surface area contributed by atoms with Crippen LogP contribution in [0.3, 0.4) is 0 Å². The van der Waals surface area contributed by atoms with Gasteiger partial charge in [0.2, 0.25) is 5.91 Å². The van der Waals surface area contributed by atoms with Gasteiger partial charge in [-0.15, -0.1) is 0 Å². The van der Waals surface area contributed by atoms with Crippen LogP contribution in [-0.2, 0) is 16.6 Å².